The molecule has 1 saturated carbocycles. The molecule has 6 nitrogen and oxygen atoms in total. The number of thioether (sulfide) groups is 1. The third-order valence-electron chi connectivity index (χ3n) is 6.10. The molecular formula is C21H29N3O3S. The first-order chi connectivity index (χ1) is 13.2. The predicted molar refractivity (Wildman–Crippen MR) is 112 cm³/mol. The Hall–Kier alpha value is -1.89. The van der Waals surface area contributed by atoms with Crippen LogP contribution in [0.25, 0.3) is 0 Å². The van der Waals surface area contributed by atoms with Crippen molar-refractivity contribution in [3.05, 3.63) is 23.8 Å². The number of fused-ring (bicyclic) bond motifs is 4. The maximum atomic E-state index is 12.5. The van der Waals surface area contributed by atoms with Crippen molar-refractivity contribution in [1.29, 1.82) is 0 Å². The van der Waals surface area contributed by atoms with Crippen LogP contribution in [-0.2, 0) is 10.3 Å². The average Bonchev–Trinajstić information content (AvgIpc) is 3.03. The summed E-state index contributed by atoms with van der Waals surface area (Å²) in [7, 11) is 1.66. The molecule has 1 aliphatic carbocycles. The van der Waals surface area contributed by atoms with Crippen molar-refractivity contribution in [3.8, 4) is 11.5 Å². The van der Waals surface area contributed by atoms with Gasteiger partial charge >= 0.3 is 0 Å². The number of ether oxygens (including phenoxy) is 2. The summed E-state index contributed by atoms with van der Waals surface area (Å²) in [5.41, 5.74) is 6.41. The van der Waals surface area contributed by atoms with Crippen molar-refractivity contribution >= 4 is 22.8 Å². The maximum absolute atomic E-state index is 12.5. The van der Waals surface area contributed by atoms with Crippen molar-refractivity contribution in [2.24, 2.45) is 22.1 Å². The third kappa shape index (κ3) is 3.23. The van der Waals surface area contributed by atoms with E-state index >= 15 is 0 Å². The molecule has 0 radical (unpaired) electrons. The summed E-state index contributed by atoms with van der Waals surface area (Å²) in [6, 6.07) is 6.11. The molecule has 3 aliphatic rings. The second-order valence-corrected chi connectivity index (χ2v) is 10.0. The number of carbonyl (C=O) groups is 1. The van der Waals surface area contributed by atoms with Crippen molar-refractivity contribution in [2.45, 2.75) is 57.7 Å². The zero-order valence-corrected chi connectivity index (χ0v) is 17.8. The van der Waals surface area contributed by atoms with Gasteiger partial charge in [-0.2, -0.15) is 0 Å². The first kappa shape index (κ1) is 19.4. The summed E-state index contributed by atoms with van der Waals surface area (Å²) >= 11 is 1.60. The van der Waals surface area contributed by atoms with E-state index in [1.165, 1.54) is 0 Å². The lowest BCUT2D eigenvalue weighted by atomic mass is 9.67. The van der Waals surface area contributed by atoms with Gasteiger partial charge in [0.15, 0.2) is 5.17 Å². The molecule has 1 aromatic rings. The molecule has 0 aromatic heterocycles. The van der Waals surface area contributed by atoms with Gasteiger partial charge in [-0.1, -0.05) is 32.5 Å². The molecule has 2 heterocycles. The molecule has 1 aromatic carbocycles. The van der Waals surface area contributed by atoms with Gasteiger partial charge in [-0.25, -0.2) is 4.99 Å². The van der Waals surface area contributed by atoms with Gasteiger partial charge in [-0.3, -0.25) is 4.79 Å². The average molecular weight is 404 g/mol. The van der Waals surface area contributed by atoms with Crippen LogP contribution in [0.1, 0.15) is 45.6 Å². The highest BCUT2D eigenvalue weighted by molar-refractivity contribution is 8.14. The lowest BCUT2D eigenvalue weighted by molar-refractivity contribution is -0.130. The van der Waals surface area contributed by atoms with E-state index in [0.29, 0.717) is 5.17 Å². The van der Waals surface area contributed by atoms with E-state index in [1.54, 1.807) is 18.9 Å². The first-order valence-corrected chi connectivity index (χ1v) is 10.9. The smallest absolute Gasteiger partial charge is 0.225 e. The van der Waals surface area contributed by atoms with E-state index < -0.39 is 11.0 Å². The fraction of sp³-hybridized carbons (Fsp3) is 0.619. The summed E-state index contributed by atoms with van der Waals surface area (Å²) in [5.74, 6) is 2.71. The van der Waals surface area contributed by atoms with Crippen LogP contribution in [0.3, 0.4) is 0 Å². The monoisotopic (exact) mass is 403 g/mol. The van der Waals surface area contributed by atoms with Crippen LogP contribution >= 0.6 is 11.8 Å². The number of amides is 1. The van der Waals surface area contributed by atoms with Gasteiger partial charge in [0.25, 0.3) is 0 Å². The van der Waals surface area contributed by atoms with Crippen molar-refractivity contribution in [3.63, 3.8) is 0 Å². The number of nitrogens with two attached hydrogens (primary N) is 1. The lowest BCUT2D eigenvalue weighted by Crippen LogP contribution is -2.55. The first-order valence-electron chi connectivity index (χ1n) is 9.87. The molecule has 7 heteroatoms. The van der Waals surface area contributed by atoms with Crippen molar-refractivity contribution < 1.29 is 14.3 Å². The number of hydrogen-bond donors (Lipinski definition) is 2. The zero-order chi connectivity index (χ0) is 20.1. The van der Waals surface area contributed by atoms with Crippen LogP contribution < -0.4 is 20.5 Å². The Labute approximate surface area is 170 Å². The number of rotatable bonds is 2. The fourth-order valence-electron chi connectivity index (χ4n) is 4.54. The van der Waals surface area contributed by atoms with Gasteiger partial charge in [-0.05, 0) is 31.4 Å². The summed E-state index contributed by atoms with van der Waals surface area (Å²) in [6.07, 6.45) is 2.70. The van der Waals surface area contributed by atoms with Crippen LogP contribution in [-0.4, -0.2) is 36.1 Å². The minimum atomic E-state index is -0.398. The number of hydrogen-bond acceptors (Lipinski definition) is 6. The number of amidine groups is 1. The molecule has 1 amide bonds. The predicted octanol–water partition coefficient (Wildman–Crippen LogP) is 3.04. The zero-order valence-electron chi connectivity index (χ0n) is 17.0. The molecule has 1 fully saturated rings. The van der Waals surface area contributed by atoms with Gasteiger partial charge in [-0.15, -0.1) is 0 Å². The highest BCUT2D eigenvalue weighted by Gasteiger charge is 2.54. The fourth-order valence-corrected chi connectivity index (χ4v) is 5.57. The van der Waals surface area contributed by atoms with Gasteiger partial charge in [0.2, 0.25) is 5.91 Å². The Bertz CT molecular complexity index is 820. The Morgan fingerprint density at radius 1 is 1.39 bits per heavy atom. The number of carbonyl (C=O) groups excluding carboxylic acids is 1. The highest BCUT2D eigenvalue weighted by Crippen LogP contribution is 2.54. The Kier molecular flexibility index (Phi) is 4.76. The van der Waals surface area contributed by atoms with E-state index in [-0.39, 0.29) is 24.0 Å². The van der Waals surface area contributed by atoms with E-state index in [9.17, 15) is 4.79 Å². The normalized spacial score (nSPS) is 31.4. The number of benzene rings is 1. The summed E-state index contributed by atoms with van der Waals surface area (Å²) in [5, 5.41) is 3.88. The van der Waals surface area contributed by atoms with Crippen LogP contribution in [0.5, 0.6) is 11.5 Å². The topological polar surface area (TPSA) is 85.9 Å². The third-order valence-corrected chi connectivity index (χ3v) is 7.07. The van der Waals surface area contributed by atoms with Crippen LogP contribution in [0.4, 0.5) is 0 Å². The van der Waals surface area contributed by atoms with Gasteiger partial charge in [0, 0.05) is 34.8 Å². The molecule has 4 rings (SSSR count). The van der Waals surface area contributed by atoms with E-state index in [4.69, 9.17) is 20.2 Å². The summed E-state index contributed by atoms with van der Waals surface area (Å²) in [4.78, 5) is 17.5. The van der Waals surface area contributed by atoms with Crippen LogP contribution in [0.2, 0.25) is 0 Å². The van der Waals surface area contributed by atoms with E-state index in [0.717, 1.165) is 42.1 Å². The lowest BCUT2D eigenvalue weighted by Gasteiger charge is -2.49. The number of methoxy groups -OCH3 is 1. The molecule has 2 aliphatic heterocycles. The molecule has 4 atom stereocenters. The molecule has 3 N–H and O–H groups in total. The largest absolute Gasteiger partial charge is 0.497 e. The molecule has 0 saturated heterocycles. The maximum Gasteiger partial charge on any atom is 0.225 e. The highest BCUT2D eigenvalue weighted by atomic mass is 32.2. The van der Waals surface area contributed by atoms with Crippen LogP contribution in [0.15, 0.2) is 23.2 Å². The summed E-state index contributed by atoms with van der Waals surface area (Å²) in [6.45, 7) is 5.84. The Balaban J connectivity index is 1.67. The molecule has 3 unspecified atom stereocenters. The van der Waals surface area contributed by atoms with Crippen molar-refractivity contribution in [1.82, 2.24) is 5.32 Å². The number of nitrogens with one attached hydrogen (secondary N) is 1. The second kappa shape index (κ2) is 6.87. The SMILES string of the molecule is COc1ccc2c(c1)O[C@H]1CCC(NC(=O)C(C)(C)C)CC1C21CSC(N)=N1. The standard InChI is InChI=1S/C21H29N3O3S/c1-20(2,3)18(25)23-12-5-8-16-15(9-12)21(11-28-19(22)24-21)14-7-6-13(26-4)10-17(14)27-16/h6-7,10,12,15-16H,5,8-9,11H2,1-4H3,(H2,22,24)(H,23,25)/t12?,15?,16-,21?/m0/s1. The molecule has 28 heavy (non-hydrogen) atoms. The van der Waals surface area contributed by atoms with Crippen molar-refractivity contribution in [2.75, 3.05) is 12.9 Å². The van der Waals surface area contributed by atoms with Gasteiger partial charge < -0.3 is 20.5 Å². The van der Waals surface area contributed by atoms with E-state index in [1.807, 2.05) is 32.9 Å². The number of aliphatic imine (C=N–C) groups is 1. The molecule has 1 spiro atoms. The minimum Gasteiger partial charge on any atom is -0.497 e. The number of nitrogens with zero attached hydrogens (tertiary/aromatic N) is 1. The second-order valence-electron chi connectivity index (χ2n) is 9.02. The Morgan fingerprint density at radius 3 is 2.82 bits per heavy atom. The summed E-state index contributed by atoms with van der Waals surface area (Å²) < 4.78 is 11.8. The van der Waals surface area contributed by atoms with Gasteiger partial charge in [0.05, 0.1) is 7.11 Å². The van der Waals surface area contributed by atoms with Gasteiger partial charge in [0.1, 0.15) is 23.1 Å². The quantitative estimate of drug-likeness (QED) is 0.793. The van der Waals surface area contributed by atoms with E-state index in [2.05, 4.69) is 11.4 Å². The molecule has 152 valence electrons. The minimum absolute atomic E-state index is 0.0673. The van der Waals surface area contributed by atoms with Crippen LogP contribution in [0, 0.1) is 11.3 Å². The molecule has 0 bridgehead atoms. The Morgan fingerprint density at radius 2 is 2.18 bits per heavy atom. The molecular weight excluding hydrogens is 374 g/mol.